The molecule has 1 aliphatic rings. The summed E-state index contributed by atoms with van der Waals surface area (Å²) in [5.41, 5.74) is 4.32. The number of hydrogen-bond donors (Lipinski definition) is 1. The van der Waals surface area contributed by atoms with Gasteiger partial charge in [0.25, 0.3) is 0 Å². The van der Waals surface area contributed by atoms with E-state index in [4.69, 9.17) is 4.74 Å². The molecule has 2 aromatic carbocycles. The molecule has 104 valence electrons. The Morgan fingerprint density at radius 3 is 2.70 bits per heavy atom. The zero-order valence-corrected chi connectivity index (χ0v) is 13.1. The van der Waals surface area contributed by atoms with E-state index in [1.807, 2.05) is 37.3 Å². The second-order valence-electron chi connectivity index (χ2n) is 5.41. The normalized spacial score (nSPS) is 21.2. The van der Waals surface area contributed by atoms with Crippen LogP contribution in [0.4, 0.5) is 0 Å². The Morgan fingerprint density at radius 1 is 1.15 bits per heavy atom. The standard InChI is InChI=1S/C17H17BrO2/c1-10-3-6-16-13(7-10)15(19)9-17(20-16)12-4-5-14(18)11(2)8-12/h3-8,15,17,19H,9H2,1-2H3/t15-,17?/m0/s1. The van der Waals surface area contributed by atoms with Crippen LogP contribution in [0.25, 0.3) is 0 Å². The zero-order valence-electron chi connectivity index (χ0n) is 11.6. The summed E-state index contributed by atoms with van der Waals surface area (Å²) in [6, 6.07) is 12.2. The van der Waals surface area contributed by atoms with Gasteiger partial charge < -0.3 is 9.84 Å². The van der Waals surface area contributed by atoms with Crippen LogP contribution in [-0.2, 0) is 0 Å². The lowest BCUT2D eigenvalue weighted by Crippen LogP contribution is -2.19. The first-order valence-corrected chi connectivity index (χ1v) is 7.55. The van der Waals surface area contributed by atoms with Gasteiger partial charge in [0.15, 0.2) is 0 Å². The highest BCUT2D eigenvalue weighted by atomic mass is 79.9. The third kappa shape index (κ3) is 2.48. The third-order valence-electron chi connectivity index (χ3n) is 3.78. The summed E-state index contributed by atoms with van der Waals surface area (Å²) in [5, 5.41) is 10.4. The van der Waals surface area contributed by atoms with E-state index in [2.05, 4.69) is 28.9 Å². The third-order valence-corrected chi connectivity index (χ3v) is 4.67. The molecule has 3 rings (SSSR count). The molecule has 3 heteroatoms. The lowest BCUT2D eigenvalue weighted by atomic mass is 9.93. The van der Waals surface area contributed by atoms with E-state index >= 15 is 0 Å². The van der Waals surface area contributed by atoms with Gasteiger partial charge in [0, 0.05) is 16.5 Å². The molecular formula is C17H17BrO2. The van der Waals surface area contributed by atoms with Crippen LogP contribution in [0, 0.1) is 13.8 Å². The minimum Gasteiger partial charge on any atom is -0.485 e. The molecule has 0 radical (unpaired) electrons. The lowest BCUT2D eigenvalue weighted by Gasteiger charge is -2.30. The number of ether oxygens (including phenoxy) is 1. The molecule has 2 aromatic rings. The Kier molecular flexibility index (Phi) is 3.57. The van der Waals surface area contributed by atoms with Crippen molar-refractivity contribution in [1.82, 2.24) is 0 Å². The number of halogens is 1. The highest BCUT2D eigenvalue weighted by molar-refractivity contribution is 9.10. The lowest BCUT2D eigenvalue weighted by molar-refractivity contribution is 0.0656. The fourth-order valence-corrected chi connectivity index (χ4v) is 2.89. The van der Waals surface area contributed by atoms with Crippen LogP contribution in [-0.4, -0.2) is 5.11 Å². The summed E-state index contributed by atoms with van der Waals surface area (Å²) in [6.07, 6.45) is 0.0389. The largest absolute Gasteiger partial charge is 0.485 e. The predicted octanol–water partition coefficient (Wildman–Crippen LogP) is 4.62. The van der Waals surface area contributed by atoms with Crippen molar-refractivity contribution in [2.45, 2.75) is 32.5 Å². The highest BCUT2D eigenvalue weighted by Crippen LogP contribution is 2.41. The van der Waals surface area contributed by atoms with Crippen molar-refractivity contribution >= 4 is 15.9 Å². The summed E-state index contributed by atoms with van der Waals surface area (Å²) in [7, 11) is 0. The van der Waals surface area contributed by atoms with Gasteiger partial charge in [0.2, 0.25) is 0 Å². The van der Waals surface area contributed by atoms with Gasteiger partial charge in [-0.25, -0.2) is 0 Å². The average molecular weight is 333 g/mol. The predicted molar refractivity (Wildman–Crippen MR) is 83.0 cm³/mol. The maximum absolute atomic E-state index is 10.4. The maximum atomic E-state index is 10.4. The molecule has 2 atom stereocenters. The Bertz CT molecular complexity index is 651. The minimum absolute atomic E-state index is 0.0907. The van der Waals surface area contributed by atoms with Crippen LogP contribution >= 0.6 is 15.9 Å². The van der Waals surface area contributed by atoms with E-state index in [0.29, 0.717) is 6.42 Å². The van der Waals surface area contributed by atoms with Gasteiger partial charge in [-0.1, -0.05) is 39.7 Å². The quantitative estimate of drug-likeness (QED) is 0.825. The first-order chi connectivity index (χ1) is 9.54. The number of hydrogen-bond acceptors (Lipinski definition) is 2. The van der Waals surface area contributed by atoms with E-state index in [9.17, 15) is 5.11 Å². The molecule has 0 saturated carbocycles. The number of aliphatic hydroxyl groups is 1. The van der Waals surface area contributed by atoms with Crippen molar-refractivity contribution in [1.29, 1.82) is 0 Å². The number of aliphatic hydroxyl groups excluding tert-OH is 1. The second kappa shape index (κ2) is 5.23. The summed E-state index contributed by atoms with van der Waals surface area (Å²) in [5.74, 6) is 0.792. The van der Waals surface area contributed by atoms with Gasteiger partial charge in [-0.15, -0.1) is 0 Å². The minimum atomic E-state index is -0.465. The number of rotatable bonds is 1. The molecule has 20 heavy (non-hydrogen) atoms. The van der Waals surface area contributed by atoms with Crippen LogP contribution in [0.15, 0.2) is 40.9 Å². The Balaban J connectivity index is 1.94. The molecule has 1 heterocycles. The molecule has 1 aliphatic heterocycles. The molecule has 0 aliphatic carbocycles. The summed E-state index contributed by atoms with van der Waals surface area (Å²) >= 11 is 3.51. The maximum Gasteiger partial charge on any atom is 0.127 e. The fraction of sp³-hybridized carbons (Fsp3) is 0.294. The molecule has 0 spiro atoms. The van der Waals surface area contributed by atoms with E-state index in [1.165, 1.54) is 5.56 Å². The Labute approximate surface area is 127 Å². The van der Waals surface area contributed by atoms with Crippen LogP contribution in [0.2, 0.25) is 0 Å². The molecule has 1 unspecified atom stereocenters. The molecule has 0 saturated heterocycles. The SMILES string of the molecule is Cc1ccc2c(c1)[C@@H](O)CC(c1ccc(Br)c(C)c1)O2. The van der Waals surface area contributed by atoms with Crippen LogP contribution < -0.4 is 4.74 Å². The average Bonchev–Trinajstić information content (AvgIpc) is 2.42. The van der Waals surface area contributed by atoms with Crippen molar-refractivity contribution in [2.24, 2.45) is 0 Å². The molecule has 2 nitrogen and oxygen atoms in total. The number of fused-ring (bicyclic) bond motifs is 1. The van der Waals surface area contributed by atoms with E-state index < -0.39 is 6.10 Å². The van der Waals surface area contributed by atoms with Gasteiger partial charge in [0.1, 0.15) is 11.9 Å². The monoisotopic (exact) mass is 332 g/mol. The molecule has 1 N–H and O–H groups in total. The van der Waals surface area contributed by atoms with Crippen molar-refractivity contribution in [3.05, 3.63) is 63.1 Å². The second-order valence-corrected chi connectivity index (χ2v) is 6.26. The van der Waals surface area contributed by atoms with Crippen molar-refractivity contribution in [2.75, 3.05) is 0 Å². The molecular weight excluding hydrogens is 316 g/mol. The van der Waals surface area contributed by atoms with E-state index in [0.717, 1.165) is 26.9 Å². The van der Waals surface area contributed by atoms with E-state index in [-0.39, 0.29) is 6.10 Å². The topological polar surface area (TPSA) is 29.5 Å². The van der Waals surface area contributed by atoms with Gasteiger partial charge in [-0.3, -0.25) is 0 Å². The summed E-state index contributed by atoms with van der Waals surface area (Å²) in [6.45, 7) is 4.08. The van der Waals surface area contributed by atoms with Crippen molar-refractivity contribution < 1.29 is 9.84 Å². The van der Waals surface area contributed by atoms with Crippen LogP contribution in [0.5, 0.6) is 5.75 Å². The van der Waals surface area contributed by atoms with Crippen LogP contribution in [0.3, 0.4) is 0 Å². The fourth-order valence-electron chi connectivity index (χ4n) is 2.64. The molecule has 0 aromatic heterocycles. The molecule has 0 bridgehead atoms. The molecule has 0 amide bonds. The summed E-state index contributed by atoms with van der Waals surface area (Å²) in [4.78, 5) is 0. The Hall–Kier alpha value is -1.32. The van der Waals surface area contributed by atoms with Gasteiger partial charge >= 0.3 is 0 Å². The van der Waals surface area contributed by atoms with Crippen molar-refractivity contribution in [3.8, 4) is 5.75 Å². The zero-order chi connectivity index (χ0) is 14.3. The van der Waals surface area contributed by atoms with Crippen LogP contribution in [0.1, 0.15) is 40.9 Å². The first kappa shape index (κ1) is 13.7. The summed E-state index contributed by atoms with van der Waals surface area (Å²) < 4.78 is 7.15. The highest BCUT2D eigenvalue weighted by Gasteiger charge is 2.28. The number of aryl methyl sites for hydroxylation is 2. The van der Waals surface area contributed by atoms with Gasteiger partial charge in [0.05, 0.1) is 6.10 Å². The molecule has 0 fully saturated rings. The Morgan fingerprint density at radius 2 is 1.95 bits per heavy atom. The van der Waals surface area contributed by atoms with Gasteiger partial charge in [-0.05, 0) is 43.2 Å². The van der Waals surface area contributed by atoms with Crippen molar-refractivity contribution in [3.63, 3.8) is 0 Å². The first-order valence-electron chi connectivity index (χ1n) is 6.76. The smallest absolute Gasteiger partial charge is 0.127 e. The van der Waals surface area contributed by atoms with Gasteiger partial charge in [-0.2, -0.15) is 0 Å². The van der Waals surface area contributed by atoms with E-state index in [1.54, 1.807) is 0 Å². The number of benzene rings is 2.